The number of nitrogens with zero attached hydrogens (tertiary/aromatic N) is 2. The number of benzene rings is 1. The van der Waals surface area contributed by atoms with Crippen LogP contribution in [0.4, 0.5) is 9.57 Å². The summed E-state index contributed by atoms with van der Waals surface area (Å²) >= 11 is 0.197. The highest BCUT2D eigenvalue weighted by atomic mass is 32.2. The molecule has 0 aliphatic heterocycles. The van der Waals surface area contributed by atoms with Gasteiger partial charge in [-0.3, -0.25) is 9.78 Å². The zero-order valence-electron chi connectivity index (χ0n) is 10.8. The van der Waals surface area contributed by atoms with Crippen LogP contribution in [0.25, 0.3) is 22.3 Å². The molecule has 0 radical (unpaired) electrons. The third-order valence-corrected chi connectivity index (χ3v) is 3.47. The van der Waals surface area contributed by atoms with Gasteiger partial charge in [0.15, 0.2) is 0 Å². The van der Waals surface area contributed by atoms with Crippen LogP contribution in [0, 0.1) is 0 Å². The van der Waals surface area contributed by atoms with Crippen LogP contribution < -0.4 is 5.32 Å². The summed E-state index contributed by atoms with van der Waals surface area (Å²) in [7, 11) is 0. The quantitative estimate of drug-likeness (QED) is 0.744. The molecule has 6 heteroatoms. The van der Waals surface area contributed by atoms with E-state index in [-0.39, 0.29) is 12.1 Å². The van der Waals surface area contributed by atoms with Gasteiger partial charge in [0.25, 0.3) is 0 Å². The van der Waals surface area contributed by atoms with Crippen LogP contribution in [0.3, 0.4) is 0 Å². The van der Waals surface area contributed by atoms with Gasteiger partial charge in [-0.15, -0.1) is 0 Å². The number of hydrogen-bond donors (Lipinski definition) is 1. The first-order chi connectivity index (χ1) is 10.3. The number of carbonyl (C=O) groups is 1. The minimum absolute atomic E-state index is 0.197. The van der Waals surface area contributed by atoms with Gasteiger partial charge in [0.1, 0.15) is 5.52 Å². The van der Waals surface area contributed by atoms with Crippen LogP contribution in [0.1, 0.15) is 0 Å². The molecule has 1 amide bonds. The number of rotatable bonds is 4. The van der Waals surface area contributed by atoms with Gasteiger partial charge in [-0.25, -0.2) is 4.98 Å². The third kappa shape index (κ3) is 2.71. The lowest BCUT2D eigenvalue weighted by atomic mass is 10.1. The smallest absolute Gasteiger partial charge is 0.211 e. The van der Waals surface area contributed by atoms with Gasteiger partial charge >= 0.3 is 0 Å². The van der Waals surface area contributed by atoms with Gasteiger partial charge in [0.2, 0.25) is 6.41 Å². The van der Waals surface area contributed by atoms with Gasteiger partial charge in [-0.05, 0) is 30.3 Å². The SMILES string of the molecule is O=CNc1cc(-c2ccc(SF)cc2)nc2cccnc12. The number of aromatic nitrogens is 2. The number of pyridine rings is 2. The largest absolute Gasteiger partial charge is 0.327 e. The van der Waals surface area contributed by atoms with Crippen molar-refractivity contribution < 1.29 is 8.68 Å². The molecule has 4 nitrogen and oxygen atoms in total. The molecule has 0 unspecified atom stereocenters. The van der Waals surface area contributed by atoms with Gasteiger partial charge in [0, 0.05) is 16.7 Å². The molecular formula is C15H10FN3OS. The highest BCUT2D eigenvalue weighted by Gasteiger charge is 2.08. The zero-order chi connectivity index (χ0) is 14.7. The number of amides is 1. The molecule has 104 valence electrons. The van der Waals surface area contributed by atoms with Crippen molar-refractivity contribution in [3.63, 3.8) is 0 Å². The number of carbonyl (C=O) groups excluding carboxylic acids is 1. The molecule has 21 heavy (non-hydrogen) atoms. The minimum atomic E-state index is 0.197. The van der Waals surface area contributed by atoms with Crippen LogP contribution in [0.2, 0.25) is 0 Å². The summed E-state index contributed by atoms with van der Waals surface area (Å²) in [6.45, 7) is 0. The molecule has 3 aromatic rings. The lowest BCUT2D eigenvalue weighted by molar-refractivity contribution is -0.105. The summed E-state index contributed by atoms with van der Waals surface area (Å²) in [5, 5.41) is 2.64. The van der Waals surface area contributed by atoms with E-state index in [4.69, 9.17) is 0 Å². The number of anilines is 1. The topological polar surface area (TPSA) is 54.9 Å². The molecule has 1 aromatic carbocycles. The molecule has 0 spiro atoms. The predicted octanol–water partition coefficient (Wildman–Crippen LogP) is 3.84. The average molecular weight is 299 g/mol. The summed E-state index contributed by atoms with van der Waals surface area (Å²) in [6, 6.07) is 12.3. The molecular weight excluding hydrogens is 289 g/mol. The summed E-state index contributed by atoms with van der Waals surface area (Å²) < 4.78 is 12.5. The van der Waals surface area contributed by atoms with E-state index in [1.54, 1.807) is 42.6 Å². The first-order valence-corrected chi connectivity index (χ1v) is 6.88. The second-order valence-corrected chi connectivity index (χ2v) is 4.92. The second-order valence-electron chi connectivity index (χ2n) is 4.29. The summed E-state index contributed by atoms with van der Waals surface area (Å²) in [5.41, 5.74) is 3.44. The summed E-state index contributed by atoms with van der Waals surface area (Å²) in [4.78, 5) is 20.0. The molecule has 0 aliphatic carbocycles. The molecule has 0 fully saturated rings. The van der Waals surface area contributed by atoms with E-state index in [1.165, 1.54) is 0 Å². The van der Waals surface area contributed by atoms with Crippen LogP contribution in [-0.2, 0) is 4.79 Å². The van der Waals surface area contributed by atoms with E-state index in [1.807, 2.05) is 6.07 Å². The van der Waals surface area contributed by atoms with Crippen molar-refractivity contribution in [2.24, 2.45) is 0 Å². The summed E-state index contributed by atoms with van der Waals surface area (Å²) in [5.74, 6) is 0. The van der Waals surface area contributed by atoms with Gasteiger partial charge in [-0.1, -0.05) is 12.1 Å². The second kappa shape index (κ2) is 5.88. The van der Waals surface area contributed by atoms with Crippen molar-refractivity contribution in [2.75, 3.05) is 5.32 Å². The molecule has 0 aliphatic rings. The maximum Gasteiger partial charge on any atom is 0.211 e. The van der Waals surface area contributed by atoms with E-state index >= 15 is 0 Å². The number of nitrogens with one attached hydrogen (secondary N) is 1. The Morgan fingerprint density at radius 1 is 1.19 bits per heavy atom. The van der Waals surface area contributed by atoms with Crippen molar-refractivity contribution in [1.82, 2.24) is 9.97 Å². The average Bonchev–Trinajstić information content (AvgIpc) is 2.55. The molecule has 0 atom stereocenters. The normalized spacial score (nSPS) is 10.5. The van der Waals surface area contributed by atoms with E-state index in [9.17, 15) is 8.68 Å². The Morgan fingerprint density at radius 3 is 2.71 bits per heavy atom. The Hall–Kier alpha value is -2.47. The van der Waals surface area contributed by atoms with Crippen LogP contribution in [0.5, 0.6) is 0 Å². The Labute approximate surface area is 124 Å². The molecule has 0 saturated heterocycles. The van der Waals surface area contributed by atoms with E-state index in [0.717, 1.165) is 5.56 Å². The van der Waals surface area contributed by atoms with Crippen molar-refractivity contribution >= 4 is 35.3 Å². The van der Waals surface area contributed by atoms with Crippen molar-refractivity contribution in [1.29, 1.82) is 0 Å². The Bertz CT molecular complexity index is 793. The van der Waals surface area contributed by atoms with Gasteiger partial charge in [0.05, 0.1) is 29.0 Å². The van der Waals surface area contributed by atoms with Crippen LogP contribution in [-0.4, -0.2) is 16.4 Å². The lowest BCUT2D eigenvalue weighted by Crippen LogP contribution is -1.98. The molecule has 1 N–H and O–H groups in total. The fourth-order valence-electron chi connectivity index (χ4n) is 2.06. The summed E-state index contributed by atoms with van der Waals surface area (Å²) in [6.07, 6.45) is 2.25. The van der Waals surface area contributed by atoms with E-state index in [2.05, 4.69) is 15.3 Å². The highest BCUT2D eigenvalue weighted by Crippen LogP contribution is 2.28. The van der Waals surface area contributed by atoms with Crippen LogP contribution >= 0.6 is 12.1 Å². The maximum absolute atomic E-state index is 12.5. The lowest BCUT2D eigenvalue weighted by Gasteiger charge is -2.08. The monoisotopic (exact) mass is 299 g/mol. The molecule has 0 saturated carbocycles. The number of hydrogen-bond acceptors (Lipinski definition) is 4. The first-order valence-electron chi connectivity index (χ1n) is 6.17. The molecule has 3 rings (SSSR count). The predicted molar refractivity (Wildman–Crippen MR) is 81.6 cm³/mol. The van der Waals surface area contributed by atoms with E-state index < -0.39 is 0 Å². The Morgan fingerprint density at radius 2 is 2.00 bits per heavy atom. The maximum atomic E-state index is 12.5. The Balaban J connectivity index is 2.15. The molecule has 2 aromatic heterocycles. The highest BCUT2D eigenvalue weighted by molar-refractivity contribution is 7.94. The van der Waals surface area contributed by atoms with Crippen LogP contribution in [0.15, 0.2) is 53.6 Å². The minimum Gasteiger partial charge on any atom is -0.327 e. The zero-order valence-corrected chi connectivity index (χ0v) is 11.6. The fourth-order valence-corrected chi connectivity index (χ4v) is 2.30. The third-order valence-electron chi connectivity index (χ3n) is 3.02. The molecule has 2 heterocycles. The Kier molecular flexibility index (Phi) is 3.79. The van der Waals surface area contributed by atoms with Crippen molar-refractivity contribution in [3.05, 3.63) is 48.7 Å². The van der Waals surface area contributed by atoms with Gasteiger partial charge < -0.3 is 5.32 Å². The van der Waals surface area contributed by atoms with Crippen molar-refractivity contribution in [3.8, 4) is 11.3 Å². The van der Waals surface area contributed by atoms with Gasteiger partial charge in [-0.2, -0.15) is 3.89 Å². The number of fused-ring (bicyclic) bond motifs is 1. The van der Waals surface area contributed by atoms with Crippen molar-refractivity contribution in [2.45, 2.75) is 4.90 Å². The molecule has 0 bridgehead atoms. The number of halogens is 1. The fraction of sp³-hybridized carbons (Fsp3) is 0. The van der Waals surface area contributed by atoms with E-state index in [0.29, 0.717) is 33.7 Å². The first kappa shape index (κ1) is 13.5. The standard InChI is InChI=1S/C15H10FN3OS/c16-21-11-5-3-10(4-6-11)13-8-14(18-9-20)15-12(19-13)2-1-7-17-15/h1-9H,(H,18,19,20).